The van der Waals surface area contributed by atoms with Crippen molar-refractivity contribution in [2.75, 3.05) is 7.11 Å². The first-order valence-corrected chi connectivity index (χ1v) is 12.9. The van der Waals surface area contributed by atoms with Crippen LogP contribution in [0.4, 0.5) is 0 Å². The van der Waals surface area contributed by atoms with Gasteiger partial charge < -0.3 is 29.2 Å². The van der Waals surface area contributed by atoms with E-state index < -0.39 is 5.79 Å². The quantitative estimate of drug-likeness (QED) is 0.323. The molecule has 192 valence electrons. The summed E-state index contributed by atoms with van der Waals surface area (Å²) in [6.07, 6.45) is 1.93. The Kier molecular flexibility index (Phi) is 5.02. The molecule has 4 aromatic carbocycles. The molecule has 3 aliphatic rings. The maximum atomic E-state index is 11.3. The van der Waals surface area contributed by atoms with Crippen LogP contribution in [0, 0.1) is 6.92 Å². The van der Waals surface area contributed by atoms with Gasteiger partial charge in [-0.15, -0.1) is 0 Å². The molecule has 3 aliphatic heterocycles. The van der Waals surface area contributed by atoms with Crippen molar-refractivity contribution < 1.29 is 29.2 Å². The molecule has 7 rings (SSSR count). The fraction of sp³-hybridized carbons (Fsp3) is 0.250. The molecule has 3 atom stereocenters. The summed E-state index contributed by atoms with van der Waals surface area (Å²) < 4.78 is 25.9. The minimum absolute atomic E-state index is 0.0261. The third-order valence-electron chi connectivity index (χ3n) is 8.11. The van der Waals surface area contributed by atoms with E-state index in [0.717, 1.165) is 40.8 Å². The molecule has 0 saturated heterocycles. The van der Waals surface area contributed by atoms with Crippen molar-refractivity contribution in [2.45, 2.75) is 44.0 Å². The van der Waals surface area contributed by atoms with Gasteiger partial charge in [0.2, 0.25) is 0 Å². The molecule has 3 heterocycles. The van der Waals surface area contributed by atoms with E-state index in [1.165, 1.54) is 0 Å². The third-order valence-corrected chi connectivity index (χ3v) is 8.11. The Morgan fingerprint density at radius 2 is 1.58 bits per heavy atom. The molecular formula is C32H28O6. The zero-order valence-electron chi connectivity index (χ0n) is 21.2. The second-order valence-electron chi connectivity index (χ2n) is 10.2. The largest absolute Gasteiger partial charge is 0.507 e. The van der Waals surface area contributed by atoms with Crippen molar-refractivity contribution in [1.82, 2.24) is 0 Å². The molecule has 0 saturated carbocycles. The summed E-state index contributed by atoms with van der Waals surface area (Å²) in [4.78, 5) is 0. The fourth-order valence-electron chi connectivity index (χ4n) is 6.19. The van der Waals surface area contributed by atoms with Crippen molar-refractivity contribution >= 4 is 0 Å². The van der Waals surface area contributed by atoms with Crippen LogP contribution in [-0.4, -0.2) is 17.3 Å². The van der Waals surface area contributed by atoms with Crippen molar-refractivity contribution in [2.24, 2.45) is 0 Å². The molecule has 2 bridgehead atoms. The molecule has 0 unspecified atom stereocenters. The second-order valence-corrected chi connectivity index (χ2v) is 10.2. The predicted octanol–water partition coefficient (Wildman–Crippen LogP) is 6.64. The molecule has 6 heteroatoms. The fourth-order valence-corrected chi connectivity index (χ4v) is 6.19. The summed E-state index contributed by atoms with van der Waals surface area (Å²) >= 11 is 0. The maximum absolute atomic E-state index is 11.3. The number of benzene rings is 4. The molecule has 0 fully saturated rings. The topological polar surface area (TPSA) is 77.4 Å². The number of hydrogen-bond acceptors (Lipinski definition) is 6. The van der Waals surface area contributed by atoms with Crippen molar-refractivity contribution in [3.05, 3.63) is 106 Å². The van der Waals surface area contributed by atoms with Gasteiger partial charge in [0.25, 0.3) is 5.79 Å². The normalized spacial score (nSPS) is 22.6. The third kappa shape index (κ3) is 3.26. The van der Waals surface area contributed by atoms with E-state index in [1.807, 2.05) is 54.6 Å². The first-order valence-electron chi connectivity index (χ1n) is 12.9. The summed E-state index contributed by atoms with van der Waals surface area (Å²) in [6.45, 7) is 1.70. The van der Waals surface area contributed by atoms with E-state index in [9.17, 15) is 10.2 Å². The zero-order valence-corrected chi connectivity index (χ0v) is 21.2. The summed E-state index contributed by atoms with van der Waals surface area (Å²) in [5.74, 6) is 1.01. The SMILES string of the molecule is COc1cc2c(c3c1CC[C@@H](c1ccccc1)O3)[C@@H]1C[C@@](c3ccccc3)(Oc3cc(O)c(C)c(O)c31)O2. The number of rotatable bonds is 3. The molecule has 6 nitrogen and oxygen atoms in total. The van der Waals surface area contributed by atoms with Crippen LogP contribution in [0.1, 0.15) is 58.2 Å². The minimum Gasteiger partial charge on any atom is -0.507 e. The highest BCUT2D eigenvalue weighted by molar-refractivity contribution is 5.68. The smallest absolute Gasteiger partial charge is 0.278 e. The number of methoxy groups -OCH3 is 1. The summed E-state index contributed by atoms with van der Waals surface area (Å²) in [6, 6.07) is 23.5. The maximum Gasteiger partial charge on any atom is 0.278 e. The molecule has 0 amide bonds. The molecular weight excluding hydrogens is 480 g/mol. The van der Waals surface area contributed by atoms with E-state index >= 15 is 0 Å². The van der Waals surface area contributed by atoms with Crippen LogP contribution in [0.3, 0.4) is 0 Å². The van der Waals surface area contributed by atoms with Crippen LogP contribution in [0.5, 0.6) is 34.5 Å². The van der Waals surface area contributed by atoms with Crippen molar-refractivity contribution in [3.63, 3.8) is 0 Å². The molecule has 0 radical (unpaired) electrons. The Labute approximate surface area is 221 Å². The number of phenolic OH excluding ortho intramolecular Hbond substituents is 2. The molecule has 4 aromatic rings. The van der Waals surface area contributed by atoms with E-state index in [0.29, 0.717) is 34.8 Å². The van der Waals surface area contributed by atoms with Gasteiger partial charge in [-0.3, -0.25) is 0 Å². The van der Waals surface area contributed by atoms with Gasteiger partial charge >= 0.3 is 0 Å². The van der Waals surface area contributed by atoms with Gasteiger partial charge in [-0.25, -0.2) is 0 Å². The number of ether oxygens (including phenoxy) is 4. The lowest BCUT2D eigenvalue weighted by atomic mass is 9.76. The van der Waals surface area contributed by atoms with E-state index in [2.05, 4.69) is 12.1 Å². The summed E-state index contributed by atoms with van der Waals surface area (Å²) in [5, 5.41) is 21.9. The van der Waals surface area contributed by atoms with Gasteiger partial charge in [-0.2, -0.15) is 0 Å². The Hall–Kier alpha value is -4.32. The van der Waals surface area contributed by atoms with Gasteiger partial charge in [0.1, 0.15) is 40.6 Å². The Morgan fingerprint density at radius 1 is 0.895 bits per heavy atom. The van der Waals surface area contributed by atoms with E-state index in [-0.39, 0.29) is 23.5 Å². The molecule has 0 spiro atoms. The Balaban J connectivity index is 1.48. The van der Waals surface area contributed by atoms with Crippen LogP contribution >= 0.6 is 0 Å². The van der Waals surface area contributed by atoms with Gasteiger partial charge in [0, 0.05) is 52.3 Å². The monoisotopic (exact) mass is 508 g/mol. The number of phenols is 2. The zero-order chi connectivity index (χ0) is 26.0. The van der Waals surface area contributed by atoms with Crippen molar-refractivity contribution in [3.8, 4) is 34.5 Å². The highest BCUT2D eigenvalue weighted by Crippen LogP contribution is 2.62. The lowest BCUT2D eigenvalue weighted by Crippen LogP contribution is -2.47. The van der Waals surface area contributed by atoms with Gasteiger partial charge in [-0.05, 0) is 25.3 Å². The van der Waals surface area contributed by atoms with Crippen LogP contribution in [0.2, 0.25) is 0 Å². The highest BCUT2D eigenvalue weighted by Gasteiger charge is 2.53. The molecule has 2 N–H and O–H groups in total. The average molecular weight is 509 g/mol. The molecule has 0 aliphatic carbocycles. The molecule has 0 aromatic heterocycles. The number of hydrogen-bond donors (Lipinski definition) is 2. The molecule has 38 heavy (non-hydrogen) atoms. The first-order chi connectivity index (χ1) is 18.5. The van der Waals surface area contributed by atoms with E-state index in [4.69, 9.17) is 18.9 Å². The minimum atomic E-state index is -1.15. The predicted molar refractivity (Wildman–Crippen MR) is 141 cm³/mol. The summed E-state index contributed by atoms with van der Waals surface area (Å²) in [5.41, 5.74) is 4.88. The van der Waals surface area contributed by atoms with Gasteiger partial charge in [0.05, 0.1) is 7.11 Å². The van der Waals surface area contributed by atoms with Crippen LogP contribution in [-0.2, 0) is 12.2 Å². The Bertz CT molecular complexity index is 1550. The average Bonchev–Trinajstić information content (AvgIpc) is 2.95. The lowest BCUT2D eigenvalue weighted by molar-refractivity contribution is -0.149. The Morgan fingerprint density at radius 3 is 2.29 bits per heavy atom. The van der Waals surface area contributed by atoms with Gasteiger partial charge in [0.15, 0.2) is 0 Å². The van der Waals surface area contributed by atoms with Gasteiger partial charge in [-0.1, -0.05) is 60.7 Å². The first kappa shape index (κ1) is 22.8. The van der Waals surface area contributed by atoms with E-state index in [1.54, 1.807) is 20.1 Å². The number of fused-ring (bicyclic) bond motifs is 8. The summed E-state index contributed by atoms with van der Waals surface area (Å²) in [7, 11) is 1.66. The standard InChI is InChI=1S/C32H28O6/c1-18-23(33)15-26-28(30(18)34)22-17-32(37-26,20-11-7-4-8-12-20)38-27-16-25(35-2)21-13-14-24(36-31(21)29(22)27)19-9-5-3-6-10-19/h3-12,15-16,22,24,33-34H,13-14,17H2,1-2H3/t22-,24+,32-/m1/s1. The van der Waals surface area contributed by atoms with Crippen LogP contribution < -0.4 is 18.9 Å². The van der Waals surface area contributed by atoms with Crippen LogP contribution in [0.25, 0.3) is 0 Å². The second kappa shape index (κ2) is 8.35. The number of aromatic hydroxyl groups is 2. The van der Waals surface area contributed by atoms with Crippen molar-refractivity contribution in [1.29, 1.82) is 0 Å². The highest BCUT2D eigenvalue weighted by atomic mass is 16.7. The van der Waals surface area contributed by atoms with Crippen LogP contribution in [0.15, 0.2) is 72.8 Å². The lowest BCUT2D eigenvalue weighted by Gasteiger charge is -2.47.